The molecule has 4 saturated carbocycles. The lowest BCUT2D eigenvalue weighted by Crippen LogP contribution is -2.56. The van der Waals surface area contributed by atoms with Gasteiger partial charge in [0.05, 0.1) is 12.2 Å². The Morgan fingerprint density at radius 3 is 2.89 bits per heavy atom. The highest BCUT2D eigenvalue weighted by Gasteiger charge is 2.77. The highest BCUT2D eigenvalue weighted by atomic mass is 16.5. The molecule has 0 aromatic carbocycles. The van der Waals surface area contributed by atoms with Gasteiger partial charge in [-0.1, -0.05) is 42.5 Å². The maximum Gasteiger partial charge on any atom is 0.111 e. The Balaban J connectivity index is 1.40. The average molecular weight is 366 g/mol. The van der Waals surface area contributed by atoms with E-state index < -0.39 is 0 Å². The molecule has 5 aliphatic carbocycles. The van der Waals surface area contributed by atoms with Crippen molar-refractivity contribution in [3.8, 4) is 0 Å². The fourth-order valence-electron chi connectivity index (χ4n) is 8.83. The van der Waals surface area contributed by atoms with Gasteiger partial charge in [0.1, 0.15) is 6.04 Å². The molecule has 1 spiro atoms. The van der Waals surface area contributed by atoms with Gasteiger partial charge < -0.3 is 4.74 Å². The first-order valence-electron chi connectivity index (χ1n) is 11.2. The van der Waals surface area contributed by atoms with E-state index in [2.05, 4.69) is 36.9 Å². The van der Waals surface area contributed by atoms with Crippen molar-refractivity contribution < 1.29 is 4.74 Å². The summed E-state index contributed by atoms with van der Waals surface area (Å²) in [6.45, 7) is 7.72. The molecule has 1 aliphatic heterocycles. The Labute approximate surface area is 162 Å². The normalized spacial score (nSPS) is 54.8. The van der Waals surface area contributed by atoms with Gasteiger partial charge >= 0.3 is 0 Å². The van der Waals surface area contributed by atoms with Crippen LogP contribution in [0.1, 0.15) is 51.9 Å². The van der Waals surface area contributed by atoms with Gasteiger partial charge in [-0.05, 0) is 86.0 Å². The van der Waals surface area contributed by atoms with Crippen molar-refractivity contribution in [2.45, 2.75) is 63.5 Å². The summed E-state index contributed by atoms with van der Waals surface area (Å²) in [5.41, 5.74) is 3.09. The summed E-state index contributed by atoms with van der Waals surface area (Å²) in [6.07, 6.45) is 15.4. The van der Waals surface area contributed by atoms with Gasteiger partial charge in [0, 0.05) is 5.41 Å². The molecule has 0 amide bonds. The second-order valence-electron chi connectivity index (χ2n) is 10.2. The minimum atomic E-state index is -0.123. The lowest BCUT2D eigenvalue weighted by atomic mass is 9.47. The zero-order valence-corrected chi connectivity index (χ0v) is 16.4. The van der Waals surface area contributed by atoms with E-state index >= 15 is 0 Å². The molecule has 4 fully saturated rings. The summed E-state index contributed by atoms with van der Waals surface area (Å²) in [6, 6.07) is -0.123. The van der Waals surface area contributed by atoms with Crippen molar-refractivity contribution in [1.82, 2.24) is 0 Å². The van der Waals surface area contributed by atoms with E-state index in [9.17, 15) is 4.91 Å². The van der Waals surface area contributed by atoms with E-state index in [1.54, 1.807) is 0 Å². The number of allylic oxidation sites excluding steroid dienone is 2. The van der Waals surface area contributed by atoms with Crippen LogP contribution >= 0.6 is 0 Å². The van der Waals surface area contributed by atoms with E-state index in [0.29, 0.717) is 11.3 Å². The third-order valence-corrected chi connectivity index (χ3v) is 9.71. The number of ether oxygens (including phenoxy) is 1. The van der Waals surface area contributed by atoms with Crippen molar-refractivity contribution in [3.63, 3.8) is 0 Å². The van der Waals surface area contributed by atoms with E-state index in [0.717, 1.165) is 55.5 Å². The predicted molar refractivity (Wildman–Crippen MR) is 106 cm³/mol. The van der Waals surface area contributed by atoms with Crippen LogP contribution in [0.4, 0.5) is 0 Å². The van der Waals surface area contributed by atoms with Crippen molar-refractivity contribution >= 4 is 0 Å². The molecule has 6 unspecified atom stereocenters. The van der Waals surface area contributed by atoms with Gasteiger partial charge in [0.2, 0.25) is 0 Å². The van der Waals surface area contributed by atoms with Crippen LogP contribution in [0, 0.1) is 45.8 Å². The number of nitroso groups, excluding NO2 is 1. The summed E-state index contributed by atoms with van der Waals surface area (Å²) >= 11 is 0. The molecule has 3 heteroatoms. The molecule has 1 heterocycles. The van der Waals surface area contributed by atoms with Crippen molar-refractivity contribution in [2.24, 2.45) is 46.1 Å². The van der Waals surface area contributed by atoms with Crippen LogP contribution in [0.25, 0.3) is 0 Å². The molecule has 144 valence electrons. The van der Waals surface area contributed by atoms with Gasteiger partial charge in [-0.3, -0.25) is 0 Å². The minimum Gasteiger partial charge on any atom is -0.366 e. The summed E-state index contributed by atoms with van der Waals surface area (Å²) in [5, 5.41) is 3.33. The molecule has 0 N–H and O–H groups in total. The van der Waals surface area contributed by atoms with Crippen LogP contribution in [-0.4, -0.2) is 18.2 Å². The zero-order chi connectivity index (χ0) is 18.4. The van der Waals surface area contributed by atoms with Crippen LogP contribution in [0.3, 0.4) is 0 Å². The standard InChI is InChI=1S/C24H31NO2/c1-3-23-9-7-17-16-6-5-15(25-26)12-18(16)14(2)11-19(17)22(23)20-13-21(20)24(23)8-4-10-27-24/h4,8,12,15-17,19-22H,2-3,5-7,9-11,13H2,1H3/t15?,16-,17?,19?,20?,21?,22?,23+,24+/m1/s1. The van der Waals surface area contributed by atoms with Crippen LogP contribution in [0.2, 0.25) is 0 Å². The Hall–Kier alpha value is -1.22. The Morgan fingerprint density at radius 2 is 2.15 bits per heavy atom. The molecule has 0 radical (unpaired) electrons. The molecular formula is C24H31NO2. The van der Waals surface area contributed by atoms with Crippen molar-refractivity contribution in [3.05, 3.63) is 40.9 Å². The largest absolute Gasteiger partial charge is 0.366 e. The predicted octanol–water partition coefficient (Wildman–Crippen LogP) is 5.43. The Kier molecular flexibility index (Phi) is 3.36. The molecule has 6 aliphatic rings. The molecule has 27 heavy (non-hydrogen) atoms. The molecule has 0 bridgehead atoms. The van der Waals surface area contributed by atoms with Crippen LogP contribution in [0.5, 0.6) is 0 Å². The Morgan fingerprint density at radius 1 is 1.26 bits per heavy atom. The highest BCUT2D eigenvalue weighted by Crippen LogP contribution is 2.78. The van der Waals surface area contributed by atoms with Gasteiger partial charge in [-0.2, -0.15) is 4.91 Å². The molecule has 0 saturated heterocycles. The lowest BCUT2D eigenvalue weighted by molar-refractivity contribution is -0.140. The molecular weight excluding hydrogens is 334 g/mol. The van der Waals surface area contributed by atoms with Crippen LogP contribution in [-0.2, 0) is 4.74 Å². The molecule has 3 nitrogen and oxygen atoms in total. The highest BCUT2D eigenvalue weighted by molar-refractivity contribution is 5.40. The maximum atomic E-state index is 11.1. The van der Waals surface area contributed by atoms with E-state index in [1.165, 1.54) is 36.8 Å². The van der Waals surface area contributed by atoms with Gasteiger partial charge in [0.25, 0.3) is 0 Å². The van der Waals surface area contributed by atoms with E-state index in [1.807, 2.05) is 0 Å². The van der Waals surface area contributed by atoms with Gasteiger partial charge in [-0.25, -0.2) is 0 Å². The molecule has 0 aromatic heterocycles. The summed E-state index contributed by atoms with van der Waals surface area (Å²) in [5.74, 6) is 4.60. The van der Waals surface area contributed by atoms with Crippen LogP contribution < -0.4 is 0 Å². The van der Waals surface area contributed by atoms with Gasteiger partial charge in [0.15, 0.2) is 0 Å². The van der Waals surface area contributed by atoms with Crippen molar-refractivity contribution in [1.29, 1.82) is 0 Å². The number of nitrogens with zero attached hydrogens (tertiary/aromatic N) is 1. The van der Waals surface area contributed by atoms with E-state index in [4.69, 9.17) is 4.74 Å². The maximum absolute atomic E-state index is 11.1. The minimum absolute atomic E-state index is 0.0403. The summed E-state index contributed by atoms with van der Waals surface area (Å²) in [4.78, 5) is 11.1. The molecule has 0 aromatic rings. The van der Waals surface area contributed by atoms with Crippen LogP contribution in [0.15, 0.2) is 41.1 Å². The monoisotopic (exact) mass is 365 g/mol. The second kappa shape index (κ2) is 5.43. The number of hydrogen-bond donors (Lipinski definition) is 0. The smallest absolute Gasteiger partial charge is 0.111 e. The Bertz CT molecular complexity index is 768. The van der Waals surface area contributed by atoms with Crippen molar-refractivity contribution in [2.75, 3.05) is 6.61 Å². The summed E-state index contributed by atoms with van der Waals surface area (Å²) < 4.78 is 6.57. The van der Waals surface area contributed by atoms with E-state index in [-0.39, 0.29) is 11.6 Å². The lowest BCUT2D eigenvalue weighted by Gasteiger charge is -2.58. The first-order chi connectivity index (χ1) is 13.1. The first kappa shape index (κ1) is 16.7. The topological polar surface area (TPSA) is 38.7 Å². The number of hydrogen-bond acceptors (Lipinski definition) is 3. The third-order valence-electron chi connectivity index (χ3n) is 9.71. The summed E-state index contributed by atoms with van der Waals surface area (Å²) in [7, 11) is 0. The average Bonchev–Trinajstić information content (AvgIpc) is 3.26. The third kappa shape index (κ3) is 1.88. The zero-order valence-electron chi connectivity index (χ0n) is 16.4. The fourth-order valence-corrected chi connectivity index (χ4v) is 8.83. The molecule has 9 atom stereocenters. The second-order valence-corrected chi connectivity index (χ2v) is 10.2. The van der Waals surface area contributed by atoms with Gasteiger partial charge in [-0.15, -0.1) is 0 Å². The number of rotatable bonds is 2. The molecule has 6 rings (SSSR count). The fraction of sp³-hybridized carbons (Fsp3) is 0.750. The number of fused-ring (bicyclic) bond motifs is 9. The SMILES string of the molecule is C=C1CC2C(CC[C@@]3(CC)C2C2CC2[C@@]32C=CCO2)[C@H]2CCC(N=O)C=C12. The first-order valence-corrected chi connectivity index (χ1v) is 11.2. The quantitative estimate of drug-likeness (QED) is 0.483.